The Hall–Kier alpha value is -2.41. The van der Waals surface area contributed by atoms with Gasteiger partial charge in [-0.05, 0) is 37.3 Å². The largest absolute Gasteiger partial charge is 0.468 e. The summed E-state index contributed by atoms with van der Waals surface area (Å²) in [6, 6.07) is 8.94. The van der Waals surface area contributed by atoms with Crippen molar-refractivity contribution in [2.24, 2.45) is 11.8 Å². The van der Waals surface area contributed by atoms with Crippen molar-refractivity contribution in [1.29, 1.82) is 0 Å². The minimum absolute atomic E-state index is 0.0424. The summed E-state index contributed by atoms with van der Waals surface area (Å²) < 4.78 is 4.77. The molecule has 29 heavy (non-hydrogen) atoms. The van der Waals surface area contributed by atoms with Crippen molar-refractivity contribution in [2.45, 2.75) is 51.2 Å². The van der Waals surface area contributed by atoms with Gasteiger partial charge in [0.05, 0.1) is 25.1 Å². The molecule has 0 unspecified atom stereocenters. The fourth-order valence-electron chi connectivity index (χ4n) is 4.38. The number of hydrogen-bond donors (Lipinski definition) is 2. The molecule has 2 heterocycles. The Bertz CT molecular complexity index is 731. The maximum atomic E-state index is 13.1. The number of amides is 2. The molecule has 2 aliphatic rings. The number of esters is 1. The van der Waals surface area contributed by atoms with Crippen molar-refractivity contribution in [3.8, 4) is 0 Å². The van der Waals surface area contributed by atoms with Gasteiger partial charge >= 0.3 is 5.97 Å². The second kappa shape index (κ2) is 9.39. The first-order valence-corrected chi connectivity index (χ1v) is 10.4. The normalized spacial score (nSPS) is 24.9. The Labute approximate surface area is 172 Å². The first-order chi connectivity index (χ1) is 13.9. The molecule has 3 rings (SSSR count). The van der Waals surface area contributed by atoms with Crippen molar-refractivity contribution in [1.82, 2.24) is 15.5 Å². The van der Waals surface area contributed by atoms with E-state index in [4.69, 9.17) is 4.74 Å². The number of ether oxygens (including phenoxy) is 1. The zero-order valence-electron chi connectivity index (χ0n) is 17.4. The Balaban J connectivity index is 1.84. The summed E-state index contributed by atoms with van der Waals surface area (Å²) in [5.74, 6) is -0.684. The van der Waals surface area contributed by atoms with Gasteiger partial charge in [-0.1, -0.05) is 44.2 Å². The lowest BCUT2D eigenvalue weighted by atomic mass is 9.75. The van der Waals surface area contributed by atoms with Gasteiger partial charge < -0.3 is 20.3 Å². The lowest BCUT2D eigenvalue weighted by Crippen LogP contribution is -2.64. The molecule has 0 bridgehead atoms. The van der Waals surface area contributed by atoms with Crippen molar-refractivity contribution >= 4 is 17.8 Å². The van der Waals surface area contributed by atoms with Crippen LogP contribution in [0.2, 0.25) is 0 Å². The molecule has 1 aromatic carbocycles. The highest BCUT2D eigenvalue weighted by Crippen LogP contribution is 2.43. The van der Waals surface area contributed by atoms with Crippen LogP contribution in [0.3, 0.4) is 0 Å². The van der Waals surface area contributed by atoms with Gasteiger partial charge in [-0.2, -0.15) is 0 Å². The Morgan fingerprint density at radius 2 is 2.00 bits per heavy atom. The summed E-state index contributed by atoms with van der Waals surface area (Å²) >= 11 is 0. The van der Waals surface area contributed by atoms with Crippen molar-refractivity contribution in [3.05, 3.63) is 35.9 Å². The second-order valence-corrected chi connectivity index (χ2v) is 8.32. The van der Waals surface area contributed by atoms with Crippen LogP contribution in [0.4, 0.5) is 0 Å². The first kappa shape index (κ1) is 21.3. The number of benzene rings is 1. The van der Waals surface area contributed by atoms with Gasteiger partial charge in [0.25, 0.3) is 0 Å². The minimum Gasteiger partial charge on any atom is -0.468 e. The summed E-state index contributed by atoms with van der Waals surface area (Å²) in [5.41, 5.74) is 0.961. The average Bonchev–Trinajstić information content (AvgIpc) is 3.24. The van der Waals surface area contributed by atoms with E-state index in [-0.39, 0.29) is 36.5 Å². The fourth-order valence-corrected chi connectivity index (χ4v) is 4.38. The molecule has 1 aromatic rings. The second-order valence-electron chi connectivity index (χ2n) is 8.32. The summed E-state index contributed by atoms with van der Waals surface area (Å²) in [6.07, 6.45) is 2.49. The molecule has 2 amide bonds. The number of likely N-dealkylation sites (tertiary alicyclic amines) is 1. The van der Waals surface area contributed by atoms with Gasteiger partial charge in [0.15, 0.2) is 0 Å². The Morgan fingerprint density at radius 1 is 1.28 bits per heavy atom. The molecule has 0 radical (unpaired) electrons. The van der Waals surface area contributed by atoms with Crippen molar-refractivity contribution in [3.63, 3.8) is 0 Å². The zero-order chi connectivity index (χ0) is 21.0. The van der Waals surface area contributed by atoms with Gasteiger partial charge in [0.2, 0.25) is 11.8 Å². The molecule has 0 aromatic heterocycles. The van der Waals surface area contributed by atoms with Crippen LogP contribution in [-0.2, 0) is 19.1 Å². The summed E-state index contributed by atoms with van der Waals surface area (Å²) in [5, 5.41) is 6.36. The summed E-state index contributed by atoms with van der Waals surface area (Å²) in [7, 11) is 1.32. The molecule has 2 saturated heterocycles. The van der Waals surface area contributed by atoms with Crippen molar-refractivity contribution in [2.75, 3.05) is 20.2 Å². The topological polar surface area (TPSA) is 87.7 Å². The third-order valence-corrected chi connectivity index (χ3v) is 5.78. The summed E-state index contributed by atoms with van der Waals surface area (Å²) in [6.45, 7) is 4.92. The van der Waals surface area contributed by atoms with Gasteiger partial charge in [-0.15, -0.1) is 0 Å². The number of carbonyl (C=O) groups excluding carboxylic acids is 3. The van der Waals surface area contributed by atoms with Crippen LogP contribution >= 0.6 is 0 Å². The molecule has 0 saturated carbocycles. The molecule has 2 N–H and O–H groups in total. The number of carbonyl (C=O) groups is 3. The van der Waals surface area contributed by atoms with E-state index < -0.39 is 11.9 Å². The van der Waals surface area contributed by atoms with Crippen LogP contribution in [0.15, 0.2) is 30.3 Å². The number of rotatable bonds is 8. The zero-order valence-corrected chi connectivity index (χ0v) is 17.4. The van der Waals surface area contributed by atoms with Crippen LogP contribution in [0.1, 0.15) is 44.7 Å². The SMILES string of the molecule is COC(=O)CN1C(=O)[C@H]([C@H](CC(C)C)NC(=O)[C@@H]2CCCN2)[C@H]1c1ccccc1. The first-order valence-electron chi connectivity index (χ1n) is 10.4. The van der Waals surface area contributed by atoms with Gasteiger partial charge in [-0.3, -0.25) is 14.4 Å². The van der Waals surface area contributed by atoms with Crippen molar-refractivity contribution < 1.29 is 19.1 Å². The van der Waals surface area contributed by atoms with Gasteiger partial charge in [0, 0.05) is 6.04 Å². The lowest BCUT2D eigenvalue weighted by molar-refractivity contribution is -0.167. The highest BCUT2D eigenvalue weighted by molar-refractivity contribution is 5.91. The quantitative estimate of drug-likeness (QED) is 0.511. The maximum Gasteiger partial charge on any atom is 0.325 e. The van der Waals surface area contributed by atoms with E-state index in [9.17, 15) is 14.4 Å². The Kier molecular flexibility index (Phi) is 6.90. The molecule has 0 spiro atoms. The molecule has 4 atom stereocenters. The lowest BCUT2D eigenvalue weighted by Gasteiger charge is -2.50. The van der Waals surface area contributed by atoms with Crippen LogP contribution < -0.4 is 10.6 Å². The van der Waals surface area contributed by atoms with E-state index in [0.29, 0.717) is 12.3 Å². The van der Waals surface area contributed by atoms with E-state index >= 15 is 0 Å². The third kappa shape index (κ3) is 4.78. The van der Waals surface area contributed by atoms with Gasteiger partial charge in [0.1, 0.15) is 6.54 Å². The molecule has 2 aliphatic heterocycles. The number of nitrogens with zero attached hydrogens (tertiary/aromatic N) is 1. The van der Waals surface area contributed by atoms with Crippen LogP contribution in [0.25, 0.3) is 0 Å². The number of methoxy groups -OCH3 is 1. The van der Waals surface area contributed by atoms with E-state index in [0.717, 1.165) is 24.9 Å². The highest BCUT2D eigenvalue weighted by Gasteiger charge is 2.52. The van der Waals surface area contributed by atoms with Crippen LogP contribution in [-0.4, -0.2) is 55.0 Å². The molecule has 7 nitrogen and oxygen atoms in total. The molecule has 2 fully saturated rings. The molecule has 0 aliphatic carbocycles. The standard InChI is InChI=1S/C22H31N3O4/c1-14(2)12-17(24-21(27)16-10-7-11-23-16)19-20(15-8-5-4-6-9-15)25(22(19)28)13-18(26)29-3/h4-6,8-9,14,16-17,19-20,23H,7,10-13H2,1-3H3,(H,24,27)/t16-,17-,19+,20+/m0/s1. The van der Waals surface area contributed by atoms with E-state index in [1.807, 2.05) is 30.3 Å². The van der Waals surface area contributed by atoms with E-state index in [1.165, 1.54) is 7.11 Å². The predicted molar refractivity (Wildman–Crippen MR) is 109 cm³/mol. The Morgan fingerprint density at radius 3 is 2.59 bits per heavy atom. The monoisotopic (exact) mass is 401 g/mol. The number of hydrogen-bond acceptors (Lipinski definition) is 5. The van der Waals surface area contributed by atoms with E-state index in [1.54, 1.807) is 4.90 Å². The number of nitrogens with one attached hydrogen (secondary N) is 2. The van der Waals surface area contributed by atoms with E-state index in [2.05, 4.69) is 24.5 Å². The highest BCUT2D eigenvalue weighted by atomic mass is 16.5. The number of β-lactam (4-membered cyclic amide) rings is 1. The smallest absolute Gasteiger partial charge is 0.325 e. The van der Waals surface area contributed by atoms with Crippen LogP contribution in [0.5, 0.6) is 0 Å². The molecule has 158 valence electrons. The predicted octanol–water partition coefficient (Wildman–Crippen LogP) is 1.64. The summed E-state index contributed by atoms with van der Waals surface area (Å²) in [4.78, 5) is 39.2. The average molecular weight is 402 g/mol. The van der Waals surface area contributed by atoms with Crippen LogP contribution in [0, 0.1) is 11.8 Å². The fraction of sp³-hybridized carbons (Fsp3) is 0.591. The van der Waals surface area contributed by atoms with Gasteiger partial charge in [-0.25, -0.2) is 0 Å². The minimum atomic E-state index is -0.447. The molecular weight excluding hydrogens is 370 g/mol. The maximum absolute atomic E-state index is 13.1. The molecular formula is C22H31N3O4. The third-order valence-electron chi connectivity index (χ3n) is 5.78. The molecule has 7 heteroatoms.